The van der Waals surface area contributed by atoms with E-state index in [0.717, 1.165) is 34.7 Å². The second-order valence-corrected chi connectivity index (χ2v) is 10.0. The van der Waals surface area contributed by atoms with Gasteiger partial charge in [-0.05, 0) is 49.2 Å². The second-order valence-electron chi connectivity index (χ2n) is 7.70. The van der Waals surface area contributed by atoms with Gasteiger partial charge in [-0.25, -0.2) is 12.8 Å². The van der Waals surface area contributed by atoms with Crippen molar-refractivity contribution in [1.82, 2.24) is 10.2 Å². The summed E-state index contributed by atoms with van der Waals surface area (Å²) in [6.45, 7) is 3.39. The summed E-state index contributed by atoms with van der Waals surface area (Å²) in [5, 5.41) is 2.48. The molecule has 11 heteroatoms. The van der Waals surface area contributed by atoms with Crippen LogP contribution < -0.4 is 14.4 Å². The zero-order chi connectivity index (χ0) is 25.5. The molecule has 1 atom stereocenters. The quantitative estimate of drug-likeness (QED) is 0.498. The Hall–Kier alpha value is -2.85. The van der Waals surface area contributed by atoms with E-state index in [9.17, 15) is 22.4 Å². The van der Waals surface area contributed by atoms with Crippen molar-refractivity contribution in [1.29, 1.82) is 0 Å². The summed E-state index contributed by atoms with van der Waals surface area (Å²) in [5.74, 6) is -1.06. The summed E-state index contributed by atoms with van der Waals surface area (Å²) in [4.78, 5) is 27.3. The number of anilines is 1. The van der Waals surface area contributed by atoms with Gasteiger partial charge in [0.05, 0.1) is 24.1 Å². The Morgan fingerprint density at radius 2 is 1.82 bits per heavy atom. The number of hydrogen-bond acceptors (Lipinski definition) is 5. The fourth-order valence-electron chi connectivity index (χ4n) is 3.16. The first-order valence-electron chi connectivity index (χ1n) is 10.6. The third-order valence-electron chi connectivity index (χ3n) is 5.10. The lowest BCUT2D eigenvalue weighted by Crippen LogP contribution is -2.51. The standard InChI is InChI=1S/C23H29ClFN3O5S/c1-5-12-26-23(30)16(2)27(14-17-6-9-19(33-3)10-7-17)22(29)15-28(34(4,31)32)18-8-11-21(25)20(24)13-18/h6-11,13,16H,5,12,14-15H2,1-4H3,(H,26,30)/t16-/m1/s1. The molecule has 2 aromatic rings. The van der Waals surface area contributed by atoms with Gasteiger partial charge in [0, 0.05) is 13.1 Å². The van der Waals surface area contributed by atoms with Crippen LogP contribution in [0, 0.1) is 5.82 Å². The van der Waals surface area contributed by atoms with Crippen molar-refractivity contribution in [3.8, 4) is 5.75 Å². The fraction of sp³-hybridized carbons (Fsp3) is 0.391. The van der Waals surface area contributed by atoms with Crippen LogP contribution in [0.15, 0.2) is 42.5 Å². The van der Waals surface area contributed by atoms with Gasteiger partial charge in [-0.3, -0.25) is 13.9 Å². The highest BCUT2D eigenvalue weighted by Crippen LogP contribution is 2.25. The Bertz CT molecular complexity index is 1110. The highest BCUT2D eigenvalue weighted by atomic mass is 35.5. The monoisotopic (exact) mass is 513 g/mol. The van der Waals surface area contributed by atoms with Crippen LogP contribution in [0.4, 0.5) is 10.1 Å². The molecule has 0 heterocycles. The topological polar surface area (TPSA) is 96.0 Å². The highest BCUT2D eigenvalue weighted by molar-refractivity contribution is 7.92. The van der Waals surface area contributed by atoms with E-state index in [-0.39, 0.29) is 23.2 Å². The van der Waals surface area contributed by atoms with Gasteiger partial charge in [-0.1, -0.05) is 30.7 Å². The van der Waals surface area contributed by atoms with E-state index in [1.165, 1.54) is 18.1 Å². The number of sulfonamides is 1. The third-order valence-corrected chi connectivity index (χ3v) is 6.53. The molecule has 8 nitrogen and oxygen atoms in total. The molecule has 1 N–H and O–H groups in total. The van der Waals surface area contributed by atoms with Crippen molar-refractivity contribution in [3.05, 3.63) is 58.9 Å². The molecule has 0 saturated carbocycles. The normalized spacial score (nSPS) is 12.1. The Labute approximate surface area is 204 Å². The van der Waals surface area contributed by atoms with E-state index in [1.54, 1.807) is 31.2 Å². The van der Waals surface area contributed by atoms with Gasteiger partial charge in [-0.15, -0.1) is 0 Å². The van der Waals surface area contributed by atoms with Gasteiger partial charge in [0.2, 0.25) is 21.8 Å². The first-order chi connectivity index (χ1) is 16.0. The van der Waals surface area contributed by atoms with Crippen molar-refractivity contribution in [2.45, 2.75) is 32.9 Å². The molecular weight excluding hydrogens is 485 g/mol. The highest BCUT2D eigenvalue weighted by Gasteiger charge is 2.30. The van der Waals surface area contributed by atoms with Crippen LogP contribution in [0.25, 0.3) is 0 Å². The third kappa shape index (κ3) is 7.33. The number of carbonyl (C=O) groups is 2. The number of nitrogens with one attached hydrogen (secondary N) is 1. The molecule has 0 aliphatic carbocycles. The van der Waals surface area contributed by atoms with Gasteiger partial charge in [0.25, 0.3) is 0 Å². The molecule has 34 heavy (non-hydrogen) atoms. The number of rotatable bonds is 11. The van der Waals surface area contributed by atoms with Crippen LogP contribution in [0.2, 0.25) is 5.02 Å². The van der Waals surface area contributed by atoms with Crippen molar-refractivity contribution in [2.75, 3.05) is 30.8 Å². The minimum Gasteiger partial charge on any atom is -0.497 e. The lowest BCUT2D eigenvalue weighted by atomic mass is 10.1. The molecule has 186 valence electrons. The zero-order valence-corrected chi connectivity index (χ0v) is 21.1. The number of amides is 2. The molecule has 2 amide bonds. The number of halogens is 2. The predicted octanol–water partition coefficient (Wildman–Crippen LogP) is 3.20. The molecule has 0 saturated heterocycles. The summed E-state index contributed by atoms with van der Waals surface area (Å²) < 4.78 is 44.6. The first kappa shape index (κ1) is 27.4. The van der Waals surface area contributed by atoms with Crippen molar-refractivity contribution in [2.24, 2.45) is 0 Å². The smallest absolute Gasteiger partial charge is 0.244 e. The maximum atomic E-state index is 13.6. The summed E-state index contributed by atoms with van der Waals surface area (Å²) in [6.07, 6.45) is 1.65. The lowest BCUT2D eigenvalue weighted by Gasteiger charge is -2.31. The minimum atomic E-state index is -3.93. The van der Waals surface area contributed by atoms with Crippen LogP contribution in [0.1, 0.15) is 25.8 Å². The molecule has 0 unspecified atom stereocenters. The zero-order valence-electron chi connectivity index (χ0n) is 19.5. The van der Waals surface area contributed by atoms with Crippen molar-refractivity contribution >= 4 is 39.1 Å². The van der Waals surface area contributed by atoms with Crippen LogP contribution in [0.5, 0.6) is 5.75 Å². The molecule has 0 spiro atoms. The molecule has 0 aromatic heterocycles. The number of hydrogen-bond donors (Lipinski definition) is 1. The predicted molar refractivity (Wildman–Crippen MR) is 130 cm³/mol. The van der Waals surface area contributed by atoms with E-state index < -0.39 is 34.3 Å². The van der Waals surface area contributed by atoms with E-state index in [4.69, 9.17) is 16.3 Å². The molecule has 2 rings (SSSR count). The average Bonchev–Trinajstić information content (AvgIpc) is 2.80. The van der Waals surface area contributed by atoms with Crippen LogP contribution >= 0.6 is 11.6 Å². The van der Waals surface area contributed by atoms with Gasteiger partial charge in [0.15, 0.2) is 0 Å². The van der Waals surface area contributed by atoms with E-state index >= 15 is 0 Å². The molecular formula is C23H29ClFN3O5S. The van der Waals surface area contributed by atoms with Crippen LogP contribution in [-0.4, -0.2) is 57.6 Å². The van der Waals surface area contributed by atoms with E-state index in [2.05, 4.69) is 5.32 Å². The Kier molecular flexibility index (Phi) is 9.69. The summed E-state index contributed by atoms with van der Waals surface area (Å²) in [7, 11) is -2.40. The molecule has 0 aliphatic heterocycles. The molecule has 2 aromatic carbocycles. The molecule has 0 bridgehead atoms. The lowest BCUT2D eigenvalue weighted by molar-refractivity contribution is -0.139. The van der Waals surface area contributed by atoms with Crippen LogP contribution in [-0.2, 0) is 26.2 Å². The van der Waals surface area contributed by atoms with Gasteiger partial charge in [0.1, 0.15) is 24.2 Å². The number of ether oxygens (including phenoxy) is 1. The number of methoxy groups -OCH3 is 1. The Morgan fingerprint density at radius 1 is 1.18 bits per heavy atom. The van der Waals surface area contributed by atoms with Crippen molar-refractivity contribution in [3.63, 3.8) is 0 Å². The number of carbonyl (C=O) groups excluding carboxylic acids is 2. The fourth-order valence-corrected chi connectivity index (χ4v) is 4.18. The van der Waals surface area contributed by atoms with Crippen LogP contribution in [0.3, 0.4) is 0 Å². The van der Waals surface area contributed by atoms with Gasteiger partial charge in [-0.2, -0.15) is 0 Å². The van der Waals surface area contributed by atoms with E-state index in [0.29, 0.717) is 12.3 Å². The minimum absolute atomic E-state index is 0.0368. The maximum absolute atomic E-state index is 13.6. The number of nitrogens with zero attached hydrogens (tertiary/aromatic N) is 2. The van der Waals surface area contributed by atoms with Crippen molar-refractivity contribution < 1.29 is 27.1 Å². The maximum Gasteiger partial charge on any atom is 0.244 e. The second kappa shape index (κ2) is 12.0. The average molecular weight is 514 g/mol. The molecule has 0 fully saturated rings. The Morgan fingerprint density at radius 3 is 2.35 bits per heavy atom. The molecule has 0 radical (unpaired) electrons. The number of benzene rings is 2. The first-order valence-corrected chi connectivity index (χ1v) is 12.8. The Balaban J connectivity index is 2.38. The summed E-state index contributed by atoms with van der Waals surface area (Å²) in [6, 6.07) is 9.47. The SMILES string of the molecule is CCCNC(=O)[C@@H](C)N(Cc1ccc(OC)cc1)C(=O)CN(c1ccc(F)c(Cl)c1)S(C)(=O)=O. The largest absolute Gasteiger partial charge is 0.497 e. The van der Waals surface area contributed by atoms with Gasteiger partial charge < -0.3 is 15.0 Å². The van der Waals surface area contributed by atoms with Gasteiger partial charge >= 0.3 is 0 Å². The summed E-state index contributed by atoms with van der Waals surface area (Å²) in [5.41, 5.74) is 0.759. The molecule has 0 aliphatic rings. The van der Waals surface area contributed by atoms with E-state index in [1.807, 2.05) is 6.92 Å². The summed E-state index contributed by atoms with van der Waals surface area (Å²) >= 11 is 5.82.